The van der Waals surface area contributed by atoms with Crippen LogP contribution in [0.3, 0.4) is 0 Å². The van der Waals surface area contributed by atoms with Crippen molar-refractivity contribution in [3.63, 3.8) is 0 Å². The number of pyridine rings is 1. The Hall–Kier alpha value is -1.52. The van der Waals surface area contributed by atoms with Crippen molar-refractivity contribution in [1.82, 2.24) is 10.3 Å². The lowest BCUT2D eigenvalue weighted by atomic mass is 10.2. The molecule has 4 heteroatoms. The highest BCUT2D eigenvalue weighted by Gasteiger charge is 2.03. The Bertz CT molecular complexity index is 543. The van der Waals surface area contributed by atoms with Crippen LogP contribution in [0.15, 0.2) is 47.5 Å². The van der Waals surface area contributed by atoms with Crippen molar-refractivity contribution in [2.75, 3.05) is 12.8 Å². The summed E-state index contributed by atoms with van der Waals surface area (Å²) in [7, 11) is 0. The number of ether oxygens (including phenoxy) is 1. The highest BCUT2D eigenvalue weighted by molar-refractivity contribution is 7.98. The van der Waals surface area contributed by atoms with Crippen LogP contribution >= 0.6 is 11.8 Å². The first-order chi connectivity index (χ1) is 10.3. The molecule has 0 bridgehead atoms. The standard InChI is InChI=1S/C17H22N2OS/c1-3-10-18-11-14-8-9-15(19-12-14)13-20-16-6-4-5-7-17(16)21-2/h4-9,12,18H,3,10-11,13H2,1-2H3. The molecule has 0 saturated heterocycles. The van der Waals surface area contributed by atoms with E-state index in [2.05, 4.69) is 35.6 Å². The average Bonchev–Trinajstić information content (AvgIpc) is 2.54. The lowest BCUT2D eigenvalue weighted by molar-refractivity contribution is 0.294. The van der Waals surface area contributed by atoms with E-state index in [1.807, 2.05) is 30.5 Å². The number of hydrogen-bond acceptors (Lipinski definition) is 4. The number of aromatic nitrogens is 1. The van der Waals surface area contributed by atoms with Gasteiger partial charge in [-0.25, -0.2) is 0 Å². The molecule has 0 amide bonds. The van der Waals surface area contributed by atoms with Crippen LogP contribution in [0.5, 0.6) is 5.75 Å². The minimum atomic E-state index is 0.500. The molecule has 2 aromatic rings. The second-order valence-corrected chi connectivity index (χ2v) is 5.62. The summed E-state index contributed by atoms with van der Waals surface area (Å²) < 4.78 is 5.85. The predicted molar refractivity (Wildman–Crippen MR) is 88.8 cm³/mol. The Morgan fingerprint density at radius 1 is 1.19 bits per heavy atom. The topological polar surface area (TPSA) is 34.1 Å². The van der Waals surface area contributed by atoms with Crippen LogP contribution in [0, 0.1) is 0 Å². The van der Waals surface area contributed by atoms with Crippen molar-refractivity contribution in [2.24, 2.45) is 0 Å². The molecule has 112 valence electrons. The summed E-state index contributed by atoms with van der Waals surface area (Å²) in [4.78, 5) is 5.61. The molecule has 1 N–H and O–H groups in total. The van der Waals surface area contributed by atoms with Crippen LogP contribution in [0.1, 0.15) is 24.6 Å². The monoisotopic (exact) mass is 302 g/mol. The minimum Gasteiger partial charge on any atom is -0.486 e. The number of benzene rings is 1. The molecule has 0 aliphatic heterocycles. The normalized spacial score (nSPS) is 10.6. The smallest absolute Gasteiger partial charge is 0.133 e. The van der Waals surface area contributed by atoms with E-state index in [0.29, 0.717) is 6.61 Å². The Morgan fingerprint density at radius 3 is 2.76 bits per heavy atom. The zero-order chi connectivity index (χ0) is 14.9. The largest absolute Gasteiger partial charge is 0.486 e. The van der Waals surface area contributed by atoms with Crippen LogP contribution in [0.4, 0.5) is 0 Å². The molecule has 0 spiro atoms. The molecule has 2 rings (SSSR count). The second-order valence-electron chi connectivity index (χ2n) is 4.77. The first kappa shape index (κ1) is 15.9. The van der Waals surface area contributed by atoms with Crippen molar-refractivity contribution in [3.8, 4) is 5.75 Å². The molecule has 0 radical (unpaired) electrons. The van der Waals surface area contributed by atoms with Gasteiger partial charge >= 0.3 is 0 Å². The maximum atomic E-state index is 5.85. The zero-order valence-corrected chi connectivity index (χ0v) is 13.5. The molecule has 0 aliphatic rings. The van der Waals surface area contributed by atoms with Crippen LogP contribution < -0.4 is 10.1 Å². The average molecular weight is 302 g/mol. The molecule has 0 fully saturated rings. The van der Waals surface area contributed by atoms with Gasteiger partial charge < -0.3 is 10.1 Å². The van der Waals surface area contributed by atoms with Crippen molar-refractivity contribution in [3.05, 3.63) is 53.9 Å². The third-order valence-corrected chi connectivity index (χ3v) is 3.86. The van der Waals surface area contributed by atoms with Crippen molar-refractivity contribution >= 4 is 11.8 Å². The molecule has 1 aromatic carbocycles. The Labute approximate surface area is 131 Å². The van der Waals surface area contributed by atoms with E-state index < -0.39 is 0 Å². The van der Waals surface area contributed by atoms with Gasteiger partial charge in [-0.2, -0.15) is 0 Å². The Kier molecular flexibility index (Phi) is 6.57. The van der Waals surface area contributed by atoms with Gasteiger partial charge in [-0.05, 0) is 43.0 Å². The van der Waals surface area contributed by atoms with Gasteiger partial charge in [-0.1, -0.05) is 25.1 Å². The third-order valence-electron chi connectivity index (χ3n) is 3.09. The minimum absolute atomic E-state index is 0.500. The van der Waals surface area contributed by atoms with Gasteiger partial charge in [0.15, 0.2) is 0 Å². The van der Waals surface area contributed by atoms with E-state index in [0.717, 1.165) is 35.8 Å². The molecule has 0 aliphatic carbocycles. The van der Waals surface area contributed by atoms with Gasteiger partial charge in [0.25, 0.3) is 0 Å². The van der Waals surface area contributed by atoms with Crippen LogP contribution in [0.25, 0.3) is 0 Å². The number of rotatable bonds is 8. The number of thioether (sulfide) groups is 1. The third kappa shape index (κ3) is 5.06. The number of para-hydroxylation sites is 1. The number of nitrogens with zero attached hydrogens (tertiary/aromatic N) is 1. The van der Waals surface area contributed by atoms with Crippen LogP contribution in [0.2, 0.25) is 0 Å². The van der Waals surface area contributed by atoms with Crippen molar-refractivity contribution < 1.29 is 4.74 Å². The molecule has 0 saturated carbocycles. The van der Waals surface area contributed by atoms with Crippen molar-refractivity contribution in [1.29, 1.82) is 0 Å². The van der Waals surface area contributed by atoms with E-state index in [4.69, 9.17) is 4.74 Å². The predicted octanol–water partition coefficient (Wildman–Crippen LogP) is 3.88. The van der Waals surface area contributed by atoms with Gasteiger partial charge in [-0.3, -0.25) is 4.98 Å². The van der Waals surface area contributed by atoms with Crippen LogP contribution in [-0.4, -0.2) is 17.8 Å². The summed E-state index contributed by atoms with van der Waals surface area (Å²) in [5.74, 6) is 0.917. The lowest BCUT2D eigenvalue weighted by Gasteiger charge is -2.10. The van der Waals surface area contributed by atoms with Crippen molar-refractivity contribution in [2.45, 2.75) is 31.4 Å². The van der Waals surface area contributed by atoms with E-state index in [-0.39, 0.29) is 0 Å². The maximum absolute atomic E-state index is 5.85. The molecule has 21 heavy (non-hydrogen) atoms. The fourth-order valence-electron chi connectivity index (χ4n) is 1.94. The van der Waals surface area contributed by atoms with E-state index in [1.54, 1.807) is 11.8 Å². The Morgan fingerprint density at radius 2 is 2.05 bits per heavy atom. The SMILES string of the molecule is CCCNCc1ccc(COc2ccccc2SC)nc1. The first-order valence-corrected chi connectivity index (χ1v) is 8.46. The second kappa shape index (κ2) is 8.70. The molecule has 0 atom stereocenters. The van der Waals surface area contributed by atoms with Gasteiger partial charge in [0.1, 0.15) is 12.4 Å². The first-order valence-electron chi connectivity index (χ1n) is 7.24. The molecule has 0 unspecified atom stereocenters. The van der Waals surface area contributed by atoms with E-state index >= 15 is 0 Å². The summed E-state index contributed by atoms with van der Waals surface area (Å²) in [5.41, 5.74) is 2.15. The highest BCUT2D eigenvalue weighted by atomic mass is 32.2. The maximum Gasteiger partial charge on any atom is 0.133 e. The molecular formula is C17H22N2OS. The van der Waals surface area contributed by atoms with E-state index in [1.165, 1.54) is 5.56 Å². The molecular weight excluding hydrogens is 280 g/mol. The van der Waals surface area contributed by atoms with Gasteiger partial charge in [-0.15, -0.1) is 11.8 Å². The lowest BCUT2D eigenvalue weighted by Crippen LogP contribution is -2.14. The quantitative estimate of drug-likeness (QED) is 0.593. The summed E-state index contributed by atoms with van der Waals surface area (Å²) in [6, 6.07) is 12.2. The summed E-state index contributed by atoms with van der Waals surface area (Å²) in [6.45, 7) is 4.58. The van der Waals surface area contributed by atoms with Crippen LogP contribution in [-0.2, 0) is 13.2 Å². The summed E-state index contributed by atoms with van der Waals surface area (Å²) in [6.07, 6.45) is 5.12. The molecule has 3 nitrogen and oxygen atoms in total. The number of hydrogen-bond donors (Lipinski definition) is 1. The number of nitrogens with one attached hydrogen (secondary N) is 1. The van der Waals surface area contributed by atoms with Gasteiger partial charge in [0, 0.05) is 17.6 Å². The fourth-order valence-corrected chi connectivity index (χ4v) is 2.49. The highest BCUT2D eigenvalue weighted by Crippen LogP contribution is 2.27. The Balaban J connectivity index is 1.88. The molecule has 1 aromatic heterocycles. The molecule has 1 heterocycles. The zero-order valence-electron chi connectivity index (χ0n) is 12.6. The fraction of sp³-hybridized carbons (Fsp3) is 0.353. The van der Waals surface area contributed by atoms with E-state index in [9.17, 15) is 0 Å². The van der Waals surface area contributed by atoms with Gasteiger partial charge in [0.2, 0.25) is 0 Å². The summed E-state index contributed by atoms with van der Waals surface area (Å²) >= 11 is 1.69. The summed E-state index contributed by atoms with van der Waals surface area (Å²) in [5, 5.41) is 3.37. The van der Waals surface area contributed by atoms with Gasteiger partial charge in [0.05, 0.1) is 5.69 Å².